The molecular formula is C22H20Cl2N4O3S. The summed E-state index contributed by atoms with van der Waals surface area (Å²) in [6.07, 6.45) is -0.630. The number of thioether (sulfide) groups is 1. The third-order valence-corrected chi connectivity index (χ3v) is 7.01. The van der Waals surface area contributed by atoms with Crippen LogP contribution >= 0.6 is 35.0 Å². The molecule has 0 spiro atoms. The number of ketones is 1. The van der Waals surface area contributed by atoms with Crippen LogP contribution in [0.15, 0.2) is 53.5 Å². The molecule has 2 aromatic carbocycles. The van der Waals surface area contributed by atoms with E-state index in [9.17, 15) is 14.4 Å². The third-order valence-electron chi connectivity index (χ3n) is 5.45. The van der Waals surface area contributed by atoms with Gasteiger partial charge in [0.05, 0.1) is 12.3 Å². The number of amides is 3. The largest absolute Gasteiger partial charge is 0.339 e. The van der Waals surface area contributed by atoms with Crippen molar-refractivity contribution in [1.82, 2.24) is 14.7 Å². The molecule has 2 heterocycles. The summed E-state index contributed by atoms with van der Waals surface area (Å²) in [5.74, 6) is -0.235. The molecule has 10 heteroatoms. The van der Waals surface area contributed by atoms with E-state index in [4.69, 9.17) is 23.2 Å². The molecule has 2 unspecified atom stereocenters. The second-order valence-electron chi connectivity index (χ2n) is 7.54. The summed E-state index contributed by atoms with van der Waals surface area (Å²) >= 11 is 13.1. The zero-order chi connectivity index (χ0) is 23.0. The first kappa shape index (κ1) is 22.6. The van der Waals surface area contributed by atoms with Gasteiger partial charge in [0.25, 0.3) is 5.91 Å². The van der Waals surface area contributed by atoms with E-state index in [1.54, 1.807) is 67.5 Å². The highest BCUT2D eigenvalue weighted by molar-refractivity contribution is 8.14. The summed E-state index contributed by atoms with van der Waals surface area (Å²) < 4.78 is 0. The molecular weight excluding hydrogens is 471 g/mol. The predicted molar refractivity (Wildman–Crippen MR) is 126 cm³/mol. The van der Waals surface area contributed by atoms with Crippen molar-refractivity contribution in [2.24, 2.45) is 4.99 Å². The molecule has 7 nitrogen and oxygen atoms in total. The molecule has 166 valence electrons. The van der Waals surface area contributed by atoms with Gasteiger partial charge in [-0.25, -0.2) is 9.79 Å². The van der Waals surface area contributed by atoms with Crippen LogP contribution in [0.4, 0.5) is 4.79 Å². The highest BCUT2D eigenvalue weighted by Gasteiger charge is 2.51. The Morgan fingerprint density at radius 2 is 1.56 bits per heavy atom. The Hall–Kier alpha value is -2.55. The molecule has 32 heavy (non-hydrogen) atoms. The highest BCUT2D eigenvalue weighted by atomic mass is 35.5. The van der Waals surface area contributed by atoms with Crippen LogP contribution in [0, 0.1) is 0 Å². The third kappa shape index (κ3) is 4.35. The first-order valence-corrected chi connectivity index (χ1v) is 11.5. The molecule has 4 rings (SSSR count). The van der Waals surface area contributed by atoms with Crippen molar-refractivity contribution in [3.05, 3.63) is 69.7 Å². The number of aliphatic imine (C=N–C) groups is 1. The maximum Gasteiger partial charge on any atom is 0.328 e. The number of rotatable bonds is 5. The number of hydrogen-bond acceptors (Lipinski definition) is 6. The minimum absolute atomic E-state index is 0.0715. The standard InChI is InChI=1S/C22H20Cl2N4O3S/c1-26-18-19(25-21(26)32-12-17(29)14-5-9-16(24)10-6-14)27(2)22(31)28(20(18)30)11-13-3-7-15(23)8-4-13/h3-10,18-19H,11-12H2,1-2H3. The van der Waals surface area contributed by atoms with Crippen LogP contribution in [0.25, 0.3) is 0 Å². The van der Waals surface area contributed by atoms with Gasteiger partial charge in [0.1, 0.15) is 0 Å². The van der Waals surface area contributed by atoms with Gasteiger partial charge in [0, 0.05) is 29.7 Å². The molecule has 0 radical (unpaired) electrons. The Morgan fingerprint density at radius 1 is 0.969 bits per heavy atom. The number of Topliss-reactive ketones (excluding diaryl/α,β-unsaturated/α-hetero) is 1. The van der Waals surface area contributed by atoms with Crippen LogP contribution in [-0.2, 0) is 11.3 Å². The van der Waals surface area contributed by atoms with Gasteiger partial charge in [-0.1, -0.05) is 47.1 Å². The number of carbonyl (C=O) groups excluding carboxylic acids is 3. The van der Waals surface area contributed by atoms with Crippen molar-refractivity contribution in [3.63, 3.8) is 0 Å². The number of amidine groups is 1. The Labute approximate surface area is 200 Å². The van der Waals surface area contributed by atoms with Gasteiger partial charge in [-0.2, -0.15) is 0 Å². The number of fused-ring (bicyclic) bond motifs is 1. The molecule has 2 aliphatic rings. The Balaban J connectivity index is 1.47. The first-order valence-electron chi connectivity index (χ1n) is 9.81. The van der Waals surface area contributed by atoms with E-state index in [2.05, 4.69) is 4.99 Å². The Kier molecular flexibility index (Phi) is 6.46. The van der Waals surface area contributed by atoms with Crippen LogP contribution in [0.1, 0.15) is 15.9 Å². The fourth-order valence-corrected chi connectivity index (χ4v) is 4.83. The van der Waals surface area contributed by atoms with E-state index in [-0.39, 0.29) is 24.0 Å². The SMILES string of the molecule is CN1C(=O)N(Cc2ccc(Cl)cc2)C(=O)C2C1N=C(SCC(=O)c1ccc(Cl)cc1)N2C. The number of urea groups is 1. The van der Waals surface area contributed by atoms with E-state index in [1.165, 1.54) is 21.6 Å². The van der Waals surface area contributed by atoms with Gasteiger partial charge in [-0.05, 0) is 42.0 Å². The predicted octanol–water partition coefficient (Wildman–Crippen LogP) is 4.00. The molecule has 0 aliphatic carbocycles. The maximum absolute atomic E-state index is 13.2. The second-order valence-corrected chi connectivity index (χ2v) is 9.36. The number of benzene rings is 2. The van der Waals surface area contributed by atoms with E-state index < -0.39 is 18.2 Å². The van der Waals surface area contributed by atoms with Gasteiger partial charge in [0.2, 0.25) is 0 Å². The fraction of sp³-hybridized carbons (Fsp3) is 0.273. The van der Waals surface area contributed by atoms with Gasteiger partial charge in [0.15, 0.2) is 23.2 Å². The van der Waals surface area contributed by atoms with Crippen LogP contribution < -0.4 is 0 Å². The lowest BCUT2D eigenvalue weighted by Gasteiger charge is -2.40. The number of halogens is 2. The van der Waals surface area contributed by atoms with E-state index in [1.807, 2.05) is 0 Å². The minimum atomic E-state index is -0.641. The van der Waals surface area contributed by atoms with Gasteiger partial charge in [-0.15, -0.1) is 0 Å². The summed E-state index contributed by atoms with van der Waals surface area (Å²) in [6, 6.07) is 12.7. The number of hydrogen-bond donors (Lipinski definition) is 0. The van der Waals surface area contributed by atoms with Crippen LogP contribution in [0.3, 0.4) is 0 Å². The lowest BCUT2D eigenvalue weighted by atomic mass is 10.1. The average molecular weight is 491 g/mol. The molecule has 1 fully saturated rings. The van der Waals surface area contributed by atoms with Crippen molar-refractivity contribution in [2.75, 3.05) is 19.8 Å². The lowest BCUT2D eigenvalue weighted by Crippen LogP contribution is -2.64. The fourth-order valence-electron chi connectivity index (χ4n) is 3.65. The topological polar surface area (TPSA) is 73.3 Å². The van der Waals surface area contributed by atoms with Gasteiger partial charge in [-0.3, -0.25) is 14.5 Å². The van der Waals surface area contributed by atoms with Crippen molar-refractivity contribution in [2.45, 2.75) is 18.8 Å². The van der Waals surface area contributed by atoms with E-state index >= 15 is 0 Å². The highest BCUT2D eigenvalue weighted by Crippen LogP contribution is 2.31. The van der Waals surface area contributed by atoms with Crippen LogP contribution in [-0.4, -0.2) is 69.6 Å². The van der Waals surface area contributed by atoms with Crippen molar-refractivity contribution in [1.29, 1.82) is 0 Å². The Morgan fingerprint density at radius 3 is 2.19 bits per heavy atom. The van der Waals surface area contributed by atoms with Crippen LogP contribution in [0.2, 0.25) is 10.0 Å². The molecule has 0 saturated carbocycles. The summed E-state index contributed by atoms with van der Waals surface area (Å²) in [5, 5.41) is 1.69. The van der Waals surface area contributed by atoms with Gasteiger partial charge >= 0.3 is 6.03 Å². The molecule has 2 atom stereocenters. The number of carbonyl (C=O) groups is 3. The zero-order valence-corrected chi connectivity index (χ0v) is 19.7. The van der Waals surface area contributed by atoms with Crippen molar-refractivity contribution < 1.29 is 14.4 Å². The average Bonchev–Trinajstić information content (AvgIpc) is 3.11. The first-order chi connectivity index (χ1) is 15.3. The summed E-state index contributed by atoms with van der Waals surface area (Å²) in [5.41, 5.74) is 1.35. The van der Waals surface area contributed by atoms with E-state index in [0.29, 0.717) is 20.8 Å². The molecule has 0 N–H and O–H groups in total. The molecule has 2 aliphatic heterocycles. The molecule has 2 aromatic rings. The summed E-state index contributed by atoms with van der Waals surface area (Å²) in [7, 11) is 3.39. The number of likely N-dealkylation sites (N-methyl/N-ethyl adjacent to an activating group) is 2. The quantitative estimate of drug-likeness (QED) is 0.592. The summed E-state index contributed by atoms with van der Waals surface area (Å²) in [4.78, 5) is 47.6. The van der Waals surface area contributed by atoms with E-state index in [0.717, 1.165) is 5.56 Å². The maximum atomic E-state index is 13.2. The molecule has 0 bridgehead atoms. The van der Waals surface area contributed by atoms with Gasteiger partial charge < -0.3 is 9.80 Å². The molecule has 3 amide bonds. The zero-order valence-electron chi connectivity index (χ0n) is 17.4. The van der Waals surface area contributed by atoms with Crippen LogP contribution in [0.5, 0.6) is 0 Å². The number of imide groups is 1. The van der Waals surface area contributed by atoms with Crippen molar-refractivity contribution >= 4 is 57.9 Å². The minimum Gasteiger partial charge on any atom is -0.339 e. The normalized spacial score (nSPS) is 20.5. The van der Waals surface area contributed by atoms with Crippen molar-refractivity contribution in [3.8, 4) is 0 Å². The molecule has 1 saturated heterocycles. The lowest BCUT2D eigenvalue weighted by molar-refractivity contribution is -0.137. The summed E-state index contributed by atoms with van der Waals surface area (Å²) in [6.45, 7) is 0.147. The molecule has 0 aromatic heterocycles. The monoisotopic (exact) mass is 490 g/mol. The Bertz CT molecular complexity index is 1090. The number of nitrogens with zero attached hydrogens (tertiary/aromatic N) is 4. The smallest absolute Gasteiger partial charge is 0.328 e. The second kappa shape index (κ2) is 9.13.